The van der Waals surface area contributed by atoms with Crippen LogP contribution in [0.3, 0.4) is 0 Å². The Morgan fingerprint density at radius 1 is 1.44 bits per heavy atom. The van der Waals surface area contributed by atoms with Gasteiger partial charge in [0.1, 0.15) is 0 Å². The Morgan fingerprint density at radius 3 is 2.33 bits per heavy atom. The smallest absolute Gasteiger partial charge is 0 e. The van der Waals surface area contributed by atoms with E-state index in [4.69, 9.17) is 5.73 Å². The minimum atomic E-state index is -0.0463. The maximum absolute atomic E-state index is 7.21. The van der Waals surface area contributed by atoms with Crippen LogP contribution < -0.4 is 5.32 Å². The van der Waals surface area contributed by atoms with Crippen LogP contribution in [0.2, 0.25) is 0 Å². The van der Waals surface area contributed by atoms with Gasteiger partial charge in [0.15, 0.2) is 0 Å². The Balaban J connectivity index is 0. The Kier molecular flexibility index (Phi) is 12.5. The van der Waals surface area contributed by atoms with Gasteiger partial charge in [-0.15, -0.1) is 0 Å². The molecular weight excluding hydrogens is 337 g/mol. The van der Waals surface area contributed by atoms with Crippen LogP contribution in [0.4, 0.5) is 0 Å². The van der Waals surface area contributed by atoms with Gasteiger partial charge < -0.3 is 11.1 Å². The minimum absolute atomic E-state index is 0. The first-order valence-corrected chi connectivity index (χ1v) is 3.25. The average Bonchev–Trinajstić information content (AvgIpc) is 1.83. The summed E-state index contributed by atoms with van der Waals surface area (Å²) in [5.41, 5.74) is 7.21. The quantitative estimate of drug-likeness (QED) is 0.823. The van der Waals surface area contributed by atoms with Crippen LogP contribution in [0.5, 0.6) is 0 Å². The molecule has 0 amide bonds. The summed E-state index contributed by atoms with van der Waals surface area (Å²) in [6.45, 7) is 5.09. The second-order valence-corrected chi connectivity index (χ2v) is 1.91. The zero-order valence-electron chi connectivity index (χ0n) is 6.15. The van der Waals surface area contributed by atoms with E-state index in [9.17, 15) is 0 Å². The molecule has 3 heteroatoms. The third-order valence-electron chi connectivity index (χ3n) is 1.05. The van der Waals surface area contributed by atoms with E-state index in [1.165, 1.54) is 0 Å². The molecule has 0 aliphatic carbocycles. The zero-order valence-corrected chi connectivity index (χ0v) is 9.87. The van der Waals surface area contributed by atoms with Crippen molar-refractivity contribution in [3.8, 4) is 0 Å². The maximum atomic E-state index is 7.21. The molecule has 2 N–H and O–H groups in total. The zero-order chi connectivity index (χ0) is 6.41. The van der Waals surface area contributed by atoms with Crippen molar-refractivity contribution in [3.63, 3.8) is 0 Å². The average molecular weight is 352 g/mol. The summed E-state index contributed by atoms with van der Waals surface area (Å²) < 4.78 is 0. The van der Waals surface area contributed by atoms with Gasteiger partial charge in [-0.05, 0) is 13.0 Å². The van der Waals surface area contributed by atoms with Crippen LogP contribution in [-0.4, -0.2) is 12.7 Å². The Hall–Kier alpha value is 0.933. The van der Waals surface area contributed by atoms with E-state index in [1.807, 2.05) is 6.92 Å². The Morgan fingerprint density at radius 2 is 2.00 bits per heavy atom. The molecule has 0 spiro atoms. The molecule has 0 heterocycles. The van der Waals surface area contributed by atoms with Gasteiger partial charge >= 0.3 is 0 Å². The normalized spacial score (nSPS) is 12.3. The molecule has 0 saturated heterocycles. The fraction of sp³-hybridized carbons (Fsp3) is 1.00. The van der Waals surface area contributed by atoms with Gasteiger partial charge in [0.05, 0.1) is 0 Å². The summed E-state index contributed by atoms with van der Waals surface area (Å²) in [7, 11) is 0. The second kappa shape index (κ2) is 8.93. The summed E-state index contributed by atoms with van der Waals surface area (Å²) in [4.78, 5) is 0. The molecule has 0 aliphatic heterocycles. The standard InChI is InChI=1S/C6H15N2.Np/c1-3-5-8-6(7)4-2;/h6-8H,3-5H2,1-2H3;/q-1;. The van der Waals surface area contributed by atoms with Gasteiger partial charge in [-0.25, -0.2) is 0 Å². The van der Waals surface area contributed by atoms with Crippen molar-refractivity contribution in [1.82, 2.24) is 5.32 Å². The van der Waals surface area contributed by atoms with Crippen LogP contribution in [0.25, 0.3) is 5.73 Å². The molecule has 1 radical (unpaired) electrons. The van der Waals surface area contributed by atoms with Crippen LogP contribution in [0.1, 0.15) is 26.7 Å². The molecule has 0 aromatic heterocycles. The van der Waals surface area contributed by atoms with Crippen LogP contribution in [0, 0.1) is 29.9 Å². The summed E-state index contributed by atoms with van der Waals surface area (Å²) in [5.74, 6) is 0. The third kappa shape index (κ3) is 8.93. The van der Waals surface area contributed by atoms with Gasteiger partial charge in [0.2, 0.25) is 0 Å². The van der Waals surface area contributed by atoms with E-state index in [0.29, 0.717) is 0 Å². The van der Waals surface area contributed by atoms with E-state index in [1.54, 1.807) is 0 Å². The first kappa shape index (κ1) is 12.6. The van der Waals surface area contributed by atoms with E-state index < -0.39 is 0 Å². The van der Waals surface area contributed by atoms with Crippen LogP contribution in [0.15, 0.2) is 0 Å². The van der Waals surface area contributed by atoms with Crippen molar-refractivity contribution in [1.29, 1.82) is 0 Å². The van der Waals surface area contributed by atoms with Crippen molar-refractivity contribution < 1.29 is 29.9 Å². The first-order chi connectivity index (χ1) is 3.81. The van der Waals surface area contributed by atoms with Gasteiger partial charge in [-0.2, -0.15) is 0 Å². The summed E-state index contributed by atoms with van der Waals surface area (Å²) in [5, 5.41) is 3.05. The molecule has 1 atom stereocenters. The molecule has 0 saturated carbocycles. The predicted molar refractivity (Wildman–Crippen MR) is 36.7 cm³/mol. The largest absolute Gasteiger partial charge is 0.662 e. The number of hydrogen-bond acceptors (Lipinski definition) is 1. The van der Waals surface area contributed by atoms with Crippen molar-refractivity contribution in [2.75, 3.05) is 6.54 Å². The fourth-order valence-corrected chi connectivity index (χ4v) is 0.463. The first-order valence-electron chi connectivity index (χ1n) is 3.25. The van der Waals surface area contributed by atoms with Gasteiger partial charge in [-0.1, -0.05) is 26.4 Å². The van der Waals surface area contributed by atoms with Crippen molar-refractivity contribution >= 4 is 0 Å². The molecule has 2 nitrogen and oxygen atoms in total. The monoisotopic (exact) mass is 351 g/mol. The van der Waals surface area contributed by atoms with E-state index in [2.05, 4.69) is 12.2 Å². The second-order valence-electron chi connectivity index (χ2n) is 1.91. The van der Waals surface area contributed by atoms with Crippen LogP contribution in [-0.2, 0) is 0 Å². The molecule has 0 fully saturated rings. The molecule has 0 rings (SSSR count). The Labute approximate surface area is 80.2 Å². The fourth-order valence-electron chi connectivity index (χ4n) is 0.463. The van der Waals surface area contributed by atoms with Gasteiger partial charge in [0, 0.05) is 29.9 Å². The maximum Gasteiger partial charge on any atom is 0 e. The molecular formula is C6H15N2Np-. The van der Waals surface area contributed by atoms with Crippen molar-refractivity contribution in [2.45, 2.75) is 32.9 Å². The van der Waals surface area contributed by atoms with Crippen molar-refractivity contribution in [3.05, 3.63) is 5.73 Å². The van der Waals surface area contributed by atoms with E-state index in [0.717, 1.165) is 19.4 Å². The predicted octanol–water partition coefficient (Wildman–Crippen LogP) is 1.77. The number of hydrogen-bond donors (Lipinski definition) is 1. The molecule has 0 bridgehead atoms. The van der Waals surface area contributed by atoms with E-state index >= 15 is 0 Å². The van der Waals surface area contributed by atoms with Crippen molar-refractivity contribution in [2.24, 2.45) is 0 Å². The number of nitrogens with one attached hydrogen (secondary N) is 2. The van der Waals surface area contributed by atoms with Crippen LogP contribution >= 0.6 is 0 Å². The SMILES string of the molecule is CCCNC([NH-])CC.[Np]. The third-order valence-corrected chi connectivity index (χ3v) is 1.05. The molecule has 0 aliphatic rings. The van der Waals surface area contributed by atoms with Gasteiger partial charge in [0.25, 0.3) is 0 Å². The summed E-state index contributed by atoms with van der Waals surface area (Å²) in [6, 6.07) is 0. The summed E-state index contributed by atoms with van der Waals surface area (Å²) >= 11 is 0. The molecule has 9 heavy (non-hydrogen) atoms. The number of rotatable bonds is 4. The molecule has 55 valence electrons. The van der Waals surface area contributed by atoms with E-state index in [-0.39, 0.29) is 36.1 Å². The summed E-state index contributed by atoms with van der Waals surface area (Å²) in [6.07, 6.45) is 1.98. The minimum Gasteiger partial charge on any atom is -0.662 e. The molecule has 0 aromatic carbocycles. The topological polar surface area (TPSA) is 35.8 Å². The van der Waals surface area contributed by atoms with Gasteiger partial charge in [-0.3, -0.25) is 0 Å². The molecule has 1 unspecified atom stereocenters. The Bertz CT molecular complexity index is 50.3. The molecule has 0 aromatic rings.